The van der Waals surface area contributed by atoms with E-state index < -0.39 is 6.04 Å². The number of hydrogen-bond donors (Lipinski definition) is 2. The van der Waals surface area contributed by atoms with Gasteiger partial charge in [0.05, 0.1) is 19.4 Å². The van der Waals surface area contributed by atoms with Gasteiger partial charge < -0.3 is 14.8 Å². The number of carbonyl (C=O) groups is 1. The number of anilines is 1. The summed E-state index contributed by atoms with van der Waals surface area (Å²) in [5.74, 6) is 1.07. The molecule has 27 heavy (non-hydrogen) atoms. The lowest BCUT2D eigenvalue weighted by molar-refractivity contribution is -0.121. The fourth-order valence-corrected chi connectivity index (χ4v) is 2.35. The molecule has 0 aliphatic carbocycles. The van der Waals surface area contributed by atoms with E-state index in [2.05, 4.69) is 15.8 Å². The molecule has 1 amide bonds. The largest absolute Gasteiger partial charge is 0.493 e. The van der Waals surface area contributed by atoms with E-state index in [1.807, 2.05) is 57.2 Å². The van der Waals surface area contributed by atoms with Crippen LogP contribution in [0, 0.1) is 6.92 Å². The van der Waals surface area contributed by atoms with Gasteiger partial charge in [0.25, 0.3) is 5.91 Å². The van der Waals surface area contributed by atoms with Crippen molar-refractivity contribution in [2.75, 3.05) is 12.4 Å². The summed E-state index contributed by atoms with van der Waals surface area (Å²) in [5, 5.41) is 7.16. The van der Waals surface area contributed by atoms with Crippen molar-refractivity contribution in [2.24, 2.45) is 5.10 Å². The summed E-state index contributed by atoms with van der Waals surface area (Å²) in [5.41, 5.74) is 5.39. The van der Waals surface area contributed by atoms with E-state index in [4.69, 9.17) is 9.47 Å². The number of hydrazone groups is 1. The lowest BCUT2D eigenvalue weighted by atomic mass is 10.2. The summed E-state index contributed by atoms with van der Waals surface area (Å²) < 4.78 is 11.0. The molecule has 2 aromatic rings. The van der Waals surface area contributed by atoms with Crippen LogP contribution in [0.3, 0.4) is 0 Å². The normalized spacial score (nSPS) is 12.1. The van der Waals surface area contributed by atoms with Crippen LogP contribution < -0.4 is 20.2 Å². The fourth-order valence-electron chi connectivity index (χ4n) is 2.35. The summed E-state index contributed by atoms with van der Waals surface area (Å²) in [6.45, 7) is 7.71. The molecule has 144 valence electrons. The van der Waals surface area contributed by atoms with Crippen molar-refractivity contribution in [3.8, 4) is 11.5 Å². The summed E-state index contributed by atoms with van der Waals surface area (Å²) in [7, 11) is 1.59. The zero-order chi connectivity index (χ0) is 19.8. The molecule has 0 aromatic heterocycles. The molecule has 0 spiro atoms. The molecule has 2 N–H and O–H groups in total. The minimum Gasteiger partial charge on any atom is -0.493 e. The predicted molar refractivity (Wildman–Crippen MR) is 109 cm³/mol. The van der Waals surface area contributed by atoms with Crippen LogP contribution in [0.4, 0.5) is 5.69 Å². The Balaban J connectivity index is 1.93. The molecular weight excluding hydrogens is 342 g/mol. The van der Waals surface area contributed by atoms with Crippen LogP contribution in [0.25, 0.3) is 0 Å². The molecule has 2 rings (SSSR count). The topological polar surface area (TPSA) is 72.0 Å². The summed E-state index contributed by atoms with van der Waals surface area (Å²) in [4.78, 5) is 12.2. The number of benzene rings is 2. The zero-order valence-electron chi connectivity index (χ0n) is 16.4. The number of aryl methyl sites for hydroxylation is 1. The van der Waals surface area contributed by atoms with E-state index in [-0.39, 0.29) is 12.0 Å². The van der Waals surface area contributed by atoms with Gasteiger partial charge in [0.1, 0.15) is 6.04 Å². The summed E-state index contributed by atoms with van der Waals surface area (Å²) in [6.07, 6.45) is 1.62. The van der Waals surface area contributed by atoms with Crippen molar-refractivity contribution in [1.82, 2.24) is 5.43 Å². The van der Waals surface area contributed by atoms with E-state index in [9.17, 15) is 4.79 Å². The molecule has 0 saturated carbocycles. The molecule has 2 aromatic carbocycles. The Morgan fingerprint density at radius 2 is 1.78 bits per heavy atom. The lowest BCUT2D eigenvalue weighted by Gasteiger charge is -2.14. The van der Waals surface area contributed by atoms with Gasteiger partial charge in [-0.05, 0) is 63.6 Å². The maximum atomic E-state index is 12.2. The lowest BCUT2D eigenvalue weighted by Crippen LogP contribution is -2.34. The van der Waals surface area contributed by atoms with Crippen molar-refractivity contribution >= 4 is 17.8 Å². The van der Waals surface area contributed by atoms with Crippen LogP contribution in [0.15, 0.2) is 47.6 Å². The van der Waals surface area contributed by atoms with Crippen molar-refractivity contribution in [2.45, 2.75) is 39.8 Å². The molecule has 0 bridgehead atoms. The molecule has 6 heteroatoms. The second-order valence-corrected chi connectivity index (χ2v) is 6.54. The minimum absolute atomic E-state index is 0.0558. The van der Waals surface area contributed by atoms with Crippen molar-refractivity contribution in [3.05, 3.63) is 53.6 Å². The first-order valence-corrected chi connectivity index (χ1v) is 8.90. The van der Waals surface area contributed by atoms with Crippen LogP contribution >= 0.6 is 0 Å². The number of nitrogens with one attached hydrogen (secondary N) is 2. The molecule has 1 atom stereocenters. The van der Waals surface area contributed by atoms with Gasteiger partial charge in [-0.2, -0.15) is 5.10 Å². The Labute approximate surface area is 160 Å². The molecule has 0 saturated heterocycles. The van der Waals surface area contributed by atoms with Crippen molar-refractivity contribution in [1.29, 1.82) is 0 Å². The molecule has 0 radical (unpaired) electrons. The SMILES string of the molecule is COc1cc(/C=N/NC(=O)C(C)Nc2ccc(C)cc2)ccc1OC(C)C. The monoisotopic (exact) mass is 369 g/mol. The van der Waals surface area contributed by atoms with Crippen LogP contribution in [0.1, 0.15) is 31.9 Å². The third kappa shape index (κ3) is 6.33. The third-order valence-electron chi connectivity index (χ3n) is 3.77. The smallest absolute Gasteiger partial charge is 0.262 e. The second-order valence-electron chi connectivity index (χ2n) is 6.54. The quantitative estimate of drug-likeness (QED) is 0.549. The Hall–Kier alpha value is -3.02. The fraction of sp³-hybridized carbons (Fsp3) is 0.333. The molecule has 0 fully saturated rings. The Morgan fingerprint density at radius 1 is 1.07 bits per heavy atom. The maximum absolute atomic E-state index is 12.2. The molecule has 0 heterocycles. The predicted octanol–water partition coefficient (Wildman–Crippen LogP) is 3.74. The van der Waals surface area contributed by atoms with Crippen LogP contribution in [-0.2, 0) is 4.79 Å². The average molecular weight is 369 g/mol. The Morgan fingerprint density at radius 3 is 2.41 bits per heavy atom. The first kappa shape index (κ1) is 20.3. The van der Waals surface area contributed by atoms with Gasteiger partial charge in [0.15, 0.2) is 11.5 Å². The van der Waals surface area contributed by atoms with Crippen molar-refractivity contribution in [3.63, 3.8) is 0 Å². The highest BCUT2D eigenvalue weighted by molar-refractivity contribution is 5.86. The van der Waals surface area contributed by atoms with E-state index in [0.717, 1.165) is 11.3 Å². The number of carbonyl (C=O) groups excluding carboxylic acids is 1. The van der Waals surface area contributed by atoms with Crippen LogP contribution in [0.2, 0.25) is 0 Å². The van der Waals surface area contributed by atoms with Gasteiger partial charge in [-0.15, -0.1) is 0 Å². The van der Waals surface area contributed by atoms with Gasteiger partial charge in [-0.3, -0.25) is 4.79 Å². The first-order valence-electron chi connectivity index (χ1n) is 8.90. The maximum Gasteiger partial charge on any atom is 0.262 e. The highest BCUT2D eigenvalue weighted by atomic mass is 16.5. The standard InChI is InChI=1S/C21H27N3O3/c1-14(2)27-19-11-8-17(12-20(19)26-5)13-22-24-21(25)16(4)23-18-9-6-15(3)7-10-18/h6-14,16,23H,1-5H3,(H,24,25)/b22-13+. The van der Waals surface area contributed by atoms with Gasteiger partial charge in [0, 0.05) is 5.69 Å². The number of rotatable bonds is 8. The molecular formula is C21H27N3O3. The Kier molecular flexibility index (Phi) is 7.23. The first-order chi connectivity index (χ1) is 12.9. The van der Waals surface area contributed by atoms with Crippen molar-refractivity contribution < 1.29 is 14.3 Å². The molecule has 0 aliphatic heterocycles. The van der Waals surface area contributed by atoms with Gasteiger partial charge in [-0.1, -0.05) is 17.7 Å². The molecule has 1 unspecified atom stereocenters. The van der Waals surface area contributed by atoms with E-state index in [1.165, 1.54) is 5.56 Å². The number of methoxy groups -OCH3 is 1. The van der Waals surface area contributed by atoms with Crippen LogP contribution in [-0.4, -0.2) is 31.4 Å². The summed E-state index contributed by atoms with van der Waals surface area (Å²) in [6, 6.07) is 12.9. The number of hydrogen-bond acceptors (Lipinski definition) is 5. The van der Waals surface area contributed by atoms with Gasteiger partial charge >= 0.3 is 0 Å². The average Bonchev–Trinajstić information content (AvgIpc) is 2.64. The van der Waals surface area contributed by atoms with Crippen LogP contribution in [0.5, 0.6) is 11.5 Å². The van der Waals surface area contributed by atoms with E-state index >= 15 is 0 Å². The zero-order valence-corrected chi connectivity index (χ0v) is 16.4. The Bertz CT molecular complexity index is 786. The van der Waals surface area contributed by atoms with Gasteiger partial charge in [-0.25, -0.2) is 5.43 Å². The number of nitrogens with zero attached hydrogens (tertiary/aromatic N) is 1. The van der Waals surface area contributed by atoms with E-state index in [1.54, 1.807) is 26.3 Å². The highest BCUT2D eigenvalue weighted by Crippen LogP contribution is 2.28. The highest BCUT2D eigenvalue weighted by Gasteiger charge is 2.11. The minimum atomic E-state index is -0.416. The number of ether oxygens (including phenoxy) is 2. The second kappa shape index (κ2) is 9.62. The molecule has 0 aliphatic rings. The van der Waals surface area contributed by atoms with E-state index in [0.29, 0.717) is 11.5 Å². The third-order valence-corrected chi connectivity index (χ3v) is 3.77. The number of amides is 1. The summed E-state index contributed by atoms with van der Waals surface area (Å²) >= 11 is 0. The molecule has 6 nitrogen and oxygen atoms in total. The van der Waals surface area contributed by atoms with Gasteiger partial charge in [0.2, 0.25) is 0 Å².